The van der Waals surface area contributed by atoms with Crippen molar-refractivity contribution in [3.8, 4) is 0 Å². The summed E-state index contributed by atoms with van der Waals surface area (Å²) < 4.78 is 32.5. The summed E-state index contributed by atoms with van der Waals surface area (Å²) in [6.45, 7) is 3.63. The Hall–Kier alpha value is 0.310. The Bertz CT molecular complexity index is 264. The molecule has 1 aliphatic rings. The van der Waals surface area contributed by atoms with Crippen molar-refractivity contribution in [3.63, 3.8) is 0 Å². The van der Waals surface area contributed by atoms with Gasteiger partial charge in [0, 0.05) is 24.5 Å². The molecular formula is C7H15BrN2O3S. The first-order valence-corrected chi connectivity index (χ1v) is 7.03. The molecule has 0 spiro atoms. The summed E-state index contributed by atoms with van der Waals surface area (Å²) in [7, 11) is -3.32. The molecule has 1 fully saturated rings. The van der Waals surface area contributed by atoms with E-state index in [9.17, 15) is 8.42 Å². The number of ether oxygens (including phenoxy) is 1. The summed E-state index contributed by atoms with van der Waals surface area (Å²) >= 11 is 3.22. The zero-order chi connectivity index (χ0) is 10.6. The first-order chi connectivity index (χ1) is 6.56. The van der Waals surface area contributed by atoms with Crippen LogP contribution in [0.15, 0.2) is 0 Å². The molecule has 0 aromatic carbocycles. The number of hydrogen-bond donors (Lipinski definition) is 1. The van der Waals surface area contributed by atoms with Crippen molar-refractivity contribution < 1.29 is 13.2 Å². The van der Waals surface area contributed by atoms with E-state index in [4.69, 9.17) is 4.74 Å². The molecule has 1 aliphatic heterocycles. The molecule has 0 saturated carbocycles. The largest absolute Gasteiger partial charge is 0.379 e. The molecule has 0 aliphatic carbocycles. The fourth-order valence-corrected chi connectivity index (χ4v) is 2.89. The third-order valence-corrected chi connectivity index (χ3v) is 4.61. The van der Waals surface area contributed by atoms with Gasteiger partial charge in [0.05, 0.1) is 13.2 Å². The quantitative estimate of drug-likeness (QED) is 0.737. The van der Waals surface area contributed by atoms with Crippen LogP contribution < -0.4 is 4.72 Å². The van der Waals surface area contributed by atoms with Gasteiger partial charge in [-0.05, 0) is 6.92 Å². The maximum absolute atomic E-state index is 11.7. The molecule has 1 atom stereocenters. The molecule has 1 heterocycles. The van der Waals surface area contributed by atoms with E-state index in [1.54, 1.807) is 0 Å². The van der Waals surface area contributed by atoms with E-state index < -0.39 is 10.2 Å². The van der Waals surface area contributed by atoms with E-state index in [1.165, 1.54) is 4.31 Å². The van der Waals surface area contributed by atoms with Gasteiger partial charge in [0.2, 0.25) is 0 Å². The number of halogens is 1. The summed E-state index contributed by atoms with van der Waals surface area (Å²) in [6, 6.07) is -0.0946. The fraction of sp³-hybridized carbons (Fsp3) is 1.00. The van der Waals surface area contributed by atoms with E-state index in [0.29, 0.717) is 31.6 Å². The predicted octanol–water partition coefficient (Wildman–Crippen LogP) is -0.0636. The third-order valence-electron chi connectivity index (χ3n) is 1.89. The van der Waals surface area contributed by atoms with E-state index in [2.05, 4.69) is 20.7 Å². The minimum atomic E-state index is -3.32. The van der Waals surface area contributed by atoms with Crippen LogP contribution >= 0.6 is 15.9 Å². The molecule has 84 valence electrons. The summed E-state index contributed by atoms with van der Waals surface area (Å²) in [5, 5.41) is 0.608. The van der Waals surface area contributed by atoms with Gasteiger partial charge in [-0.25, -0.2) is 0 Å². The zero-order valence-corrected chi connectivity index (χ0v) is 10.5. The normalized spacial score (nSPS) is 22.1. The minimum absolute atomic E-state index is 0.0946. The first kappa shape index (κ1) is 12.4. The molecule has 1 rings (SSSR count). The summed E-state index contributed by atoms with van der Waals surface area (Å²) in [4.78, 5) is 0. The van der Waals surface area contributed by atoms with Crippen molar-refractivity contribution >= 4 is 26.1 Å². The van der Waals surface area contributed by atoms with Gasteiger partial charge in [0.1, 0.15) is 0 Å². The number of nitrogens with one attached hydrogen (secondary N) is 1. The van der Waals surface area contributed by atoms with E-state index >= 15 is 0 Å². The average Bonchev–Trinajstić information content (AvgIpc) is 2.18. The Balaban J connectivity index is 2.54. The number of alkyl halides is 1. The molecule has 0 bridgehead atoms. The summed E-state index contributed by atoms with van der Waals surface area (Å²) in [5.74, 6) is 0. The maximum atomic E-state index is 11.7. The highest BCUT2D eigenvalue weighted by atomic mass is 79.9. The minimum Gasteiger partial charge on any atom is -0.379 e. The summed E-state index contributed by atoms with van der Waals surface area (Å²) in [5.41, 5.74) is 0. The molecule has 1 saturated heterocycles. The Morgan fingerprint density at radius 3 is 2.57 bits per heavy atom. The highest BCUT2D eigenvalue weighted by Crippen LogP contribution is 2.04. The fourth-order valence-electron chi connectivity index (χ4n) is 1.15. The standard InChI is InChI=1S/C7H15BrN2O3S/c1-7(6-8)9-14(11,12)10-2-4-13-5-3-10/h7,9H,2-6H2,1H3. The van der Waals surface area contributed by atoms with Crippen LogP contribution in [-0.4, -0.2) is 50.4 Å². The molecule has 0 aromatic heterocycles. The summed E-state index contributed by atoms with van der Waals surface area (Å²) in [6.07, 6.45) is 0. The molecular weight excluding hydrogens is 272 g/mol. The topological polar surface area (TPSA) is 58.6 Å². The van der Waals surface area contributed by atoms with Gasteiger partial charge in [-0.2, -0.15) is 17.4 Å². The van der Waals surface area contributed by atoms with Crippen molar-refractivity contribution in [2.75, 3.05) is 31.6 Å². The first-order valence-electron chi connectivity index (χ1n) is 4.47. The van der Waals surface area contributed by atoms with Gasteiger partial charge < -0.3 is 4.74 Å². The third kappa shape index (κ3) is 3.47. The SMILES string of the molecule is CC(CBr)NS(=O)(=O)N1CCOCC1. The maximum Gasteiger partial charge on any atom is 0.279 e. The smallest absolute Gasteiger partial charge is 0.279 e. The molecule has 14 heavy (non-hydrogen) atoms. The molecule has 0 radical (unpaired) electrons. The van der Waals surface area contributed by atoms with Gasteiger partial charge >= 0.3 is 0 Å². The number of hydrogen-bond acceptors (Lipinski definition) is 3. The lowest BCUT2D eigenvalue weighted by atomic mass is 10.4. The Labute approximate surface area is 93.1 Å². The lowest BCUT2D eigenvalue weighted by Crippen LogP contribution is -2.49. The van der Waals surface area contributed by atoms with E-state index in [0.717, 1.165) is 0 Å². The molecule has 0 aromatic rings. The monoisotopic (exact) mass is 286 g/mol. The van der Waals surface area contributed by atoms with Crippen LogP contribution in [0.3, 0.4) is 0 Å². The van der Waals surface area contributed by atoms with E-state index in [-0.39, 0.29) is 6.04 Å². The Morgan fingerprint density at radius 1 is 1.50 bits per heavy atom. The van der Waals surface area contributed by atoms with Crippen LogP contribution in [0.1, 0.15) is 6.92 Å². The lowest BCUT2D eigenvalue weighted by Gasteiger charge is -2.27. The van der Waals surface area contributed by atoms with Crippen LogP contribution in [-0.2, 0) is 14.9 Å². The zero-order valence-electron chi connectivity index (χ0n) is 8.07. The molecule has 1 unspecified atom stereocenters. The highest BCUT2D eigenvalue weighted by molar-refractivity contribution is 9.09. The van der Waals surface area contributed by atoms with Crippen LogP contribution in [0, 0.1) is 0 Å². The number of nitrogens with zero attached hydrogens (tertiary/aromatic N) is 1. The van der Waals surface area contributed by atoms with Gasteiger partial charge in [0.25, 0.3) is 10.2 Å². The second-order valence-corrected chi connectivity index (χ2v) is 5.54. The van der Waals surface area contributed by atoms with Crippen LogP contribution in [0.25, 0.3) is 0 Å². The molecule has 5 nitrogen and oxygen atoms in total. The second kappa shape index (κ2) is 5.41. The average molecular weight is 287 g/mol. The molecule has 1 N–H and O–H groups in total. The molecule has 7 heteroatoms. The van der Waals surface area contributed by atoms with Crippen LogP contribution in [0.2, 0.25) is 0 Å². The van der Waals surface area contributed by atoms with Crippen molar-refractivity contribution in [2.24, 2.45) is 0 Å². The highest BCUT2D eigenvalue weighted by Gasteiger charge is 2.25. The van der Waals surface area contributed by atoms with Crippen molar-refractivity contribution in [3.05, 3.63) is 0 Å². The number of morpholine rings is 1. The van der Waals surface area contributed by atoms with Gasteiger partial charge in [-0.1, -0.05) is 15.9 Å². The van der Waals surface area contributed by atoms with Crippen molar-refractivity contribution in [2.45, 2.75) is 13.0 Å². The van der Waals surface area contributed by atoms with Crippen LogP contribution in [0.4, 0.5) is 0 Å². The van der Waals surface area contributed by atoms with Crippen molar-refractivity contribution in [1.82, 2.24) is 9.03 Å². The van der Waals surface area contributed by atoms with Gasteiger partial charge in [0.15, 0.2) is 0 Å². The number of rotatable bonds is 4. The van der Waals surface area contributed by atoms with Crippen LogP contribution in [0.5, 0.6) is 0 Å². The van der Waals surface area contributed by atoms with Crippen molar-refractivity contribution in [1.29, 1.82) is 0 Å². The van der Waals surface area contributed by atoms with E-state index in [1.807, 2.05) is 6.92 Å². The Kier molecular flexibility index (Phi) is 4.78. The molecule has 0 amide bonds. The lowest BCUT2D eigenvalue weighted by molar-refractivity contribution is 0.0724. The second-order valence-electron chi connectivity index (χ2n) is 3.19. The van der Waals surface area contributed by atoms with Gasteiger partial charge in [-0.3, -0.25) is 0 Å². The Morgan fingerprint density at radius 2 is 2.07 bits per heavy atom. The predicted molar refractivity (Wildman–Crippen MR) is 57.7 cm³/mol. The van der Waals surface area contributed by atoms with Gasteiger partial charge in [-0.15, -0.1) is 0 Å².